The lowest BCUT2D eigenvalue weighted by Gasteiger charge is -2.26. The largest absolute Gasteiger partial charge is 0.306 e. The number of thioether (sulfide) groups is 1. The van der Waals surface area contributed by atoms with Crippen molar-refractivity contribution in [3.8, 4) is 0 Å². The van der Waals surface area contributed by atoms with Gasteiger partial charge < -0.3 is 5.32 Å². The zero-order valence-corrected chi connectivity index (χ0v) is 14.4. The monoisotopic (exact) mass is 385 g/mol. The minimum absolute atomic E-state index is 0.187. The third-order valence-electron chi connectivity index (χ3n) is 3.57. The van der Waals surface area contributed by atoms with Gasteiger partial charge >= 0.3 is 0 Å². The van der Waals surface area contributed by atoms with Gasteiger partial charge in [-0.05, 0) is 48.1 Å². The van der Waals surface area contributed by atoms with Gasteiger partial charge in [-0.3, -0.25) is 0 Å². The molecule has 1 atom stereocenters. The topological polar surface area (TPSA) is 12.0 Å². The minimum Gasteiger partial charge on any atom is -0.306 e. The quantitative estimate of drug-likeness (QED) is 0.740. The van der Waals surface area contributed by atoms with Crippen LogP contribution in [0, 0.1) is 5.82 Å². The highest BCUT2D eigenvalue weighted by atomic mass is 79.9. The number of hydrogen-bond acceptors (Lipinski definition) is 2. The van der Waals surface area contributed by atoms with Crippen LogP contribution in [0.5, 0.6) is 0 Å². The van der Waals surface area contributed by atoms with Crippen molar-refractivity contribution in [1.82, 2.24) is 5.32 Å². The normalized spacial score (nSPS) is 17.6. The molecule has 1 heterocycles. The van der Waals surface area contributed by atoms with Crippen LogP contribution in [-0.2, 0) is 6.54 Å². The van der Waals surface area contributed by atoms with Gasteiger partial charge in [0.05, 0.1) is 0 Å². The molecule has 1 aliphatic rings. The van der Waals surface area contributed by atoms with Crippen LogP contribution < -0.4 is 5.32 Å². The molecule has 1 aliphatic heterocycles. The molecule has 110 valence electrons. The molecular weight excluding hydrogens is 373 g/mol. The average Bonchev–Trinajstić information content (AvgIpc) is 2.46. The Balaban J connectivity index is 1.76. The van der Waals surface area contributed by atoms with E-state index in [0.717, 1.165) is 21.7 Å². The van der Waals surface area contributed by atoms with Crippen molar-refractivity contribution in [3.63, 3.8) is 0 Å². The van der Waals surface area contributed by atoms with E-state index in [0.29, 0.717) is 12.1 Å². The molecule has 0 aliphatic carbocycles. The maximum absolute atomic E-state index is 13.9. The SMILES string of the molecule is Fc1cc(Br)ccc1CNC1CCSc2ccc(Cl)cc21. The maximum Gasteiger partial charge on any atom is 0.128 e. The van der Waals surface area contributed by atoms with Crippen molar-refractivity contribution in [1.29, 1.82) is 0 Å². The van der Waals surface area contributed by atoms with Crippen LogP contribution in [0.3, 0.4) is 0 Å². The van der Waals surface area contributed by atoms with E-state index in [1.165, 1.54) is 16.5 Å². The lowest BCUT2D eigenvalue weighted by atomic mass is 10.0. The average molecular weight is 387 g/mol. The van der Waals surface area contributed by atoms with Gasteiger partial charge in [-0.15, -0.1) is 11.8 Å². The van der Waals surface area contributed by atoms with E-state index in [9.17, 15) is 4.39 Å². The van der Waals surface area contributed by atoms with Crippen LogP contribution in [-0.4, -0.2) is 5.75 Å². The first kappa shape index (κ1) is 15.3. The summed E-state index contributed by atoms with van der Waals surface area (Å²) in [6, 6.07) is 11.4. The van der Waals surface area contributed by atoms with Gasteiger partial charge in [-0.2, -0.15) is 0 Å². The summed E-state index contributed by atoms with van der Waals surface area (Å²) in [7, 11) is 0. The van der Waals surface area contributed by atoms with Crippen molar-refractivity contribution in [2.45, 2.75) is 23.9 Å². The van der Waals surface area contributed by atoms with E-state index in [1.807, 2.05) is 36.0 Å². The second-order valence-electron chi connectivity index (χ2n) is 4.99. The molecule has 0 bridgehead atoms. The molecule has 1 unspecified atom stereocenters. The molecule has 5 heteroatoms. The Morgan fingerprint density at radius 3 is 2.95 bits per heavy atom. The van der Waals surface area contributed by atoms with Gasteiger partial charge in [0, 0.05) is 32.5 Å². The summed E-state index contributed by atoms with van der Waals surface area (Å²) < 4.78 is 14.6. The van der Waals surface area contributed by atoms with Gasteiger partial charge in [0.15, 0.2) is 0 Å². The van der Waals surface area contributed by atoms with Crippen molar-refractivity contribution >= 4 is 39.3 Å². The molecule has 3 rings (SSSR count). The number of nitrogens with one attached hydrogen (secondary N) is 1. The van der Waals surface area contributed by atoms with E-state index < -0.39 is 0 Å². The molecule has 1 N–H and O–H groups in total. The highest BCUT2D eigenvalue weighted by molar-refractivity contribution is 9.10. The highest BCUT2D eigenvalue weighted by Crippen LogP contribution is 2.37. The summed E-state index contributed by atoms with van der Waals surface area (Å²) >= 11 is 11.2. The zero-order chi connectivity index (χ0) is 14.8. The fourth-order valence-electron chi connectivity index (χ4n) is 2.48. The van der Waals surface area contributed by atoms with E-state index in [2.05, 4.69) is 27.3 Å². The van der Waals surface area contributed by atoms with Crippen molar-refractivity contribution in [2.24, 2.45) is 0 Å². The number of halogens is 3. The molecule has 0 spiro atoms. The van der Waals surface area contributed by atoms with Gasteiger partial charge in [0.2, 0.25) is 0 Å². The number of hydrogen-bond donors (Lipinski definition) is 1. The van der Waals surface area contributed by atoms with Gasteiger partial charge in [0.25, 0.3) is 0 Å². The van der Waals surface area contributed by atoms with Gasteiger partial charge in [-0.25, -0.2) is 4.39 Å². The number of rotatable bonds is 3. The Morgan fingerprint density at radius 2 is 2.14 bits per heavy atom. The molecule has 1 nitrogen and oxygen atoms in total. The number of benzene rings is 2. The summed E-state index contributed by atoms with van der Waals surface area (Å²) in [6.45, 7) is 0.514. The zero-order valence-electron chi connectivity index (χ0n) is 11.2. The summed E-state index contributed by atoms with van der Waals surface area (Å²) in [6.07, 6.45) is 1.02. The summed E-state index contributed by atoms with van der Waals surface area (Å²) in [5, 5.41) is 4.20. The van der Waals surface area contributed by atoms with Crippen molar-refractivity contribution in [2.75, 3.05) is 5.75 Å². The molecular formula is C16H14BrClFNS. The molecule has 0 fully saturated rings. The molecule has 0 aromatic heterocycles. The van der Waals surface area contributed by atoms with Crippen LogP contribution >= 0.6 is 39.3 Å². The first-order valence-electron chi connectivity index (χ1n) is 6.73. The molecule has 0 radical (unpaired) electrons. The lowest BCUT2D eigenvalue weighted by Crippen LogP contribution is -2.24. The Hall–Kier alpha value is -0.550. The second-order valence-corrected chi connectivity index (χ2v) is 7.48. The Morgan fingerprint density at radius 1 is 1.29 bits per heavy atom. The Kier molecular flexibility index (Phi) is 4.89. The maximum atomic E-state index is 13.9. The van der Waals surface area contributed by atoms with E-state index in [1.54, 1.807) is 0 Å². The van der Waals surface area contributed by atoms with Gasteiger partial charge in [-0.1, -0.05) is 33.6 Å². The van der Waals surface area contributed by atoms with Crippen molar-refractivity contribution in [3.05, 3.63) is 62.8 Å². The third kappa shape index (κ3) is 3.62. The van der Waals surface area contributed by atoms with Crippen molar-refractivity contribution < 1.29 is 4.39 Å². The van der Waals surface area contributed by atoms with Crippen LogP contribution in [0.25, 0.3) is 0 Å². The Labute approximate surface area is 141 Å². The standard InChI is InChI=1S/C16H14BrClFNS/c17-11-2-1-10(14(19)7-11)9-20-15-5-6-21-16-4-3-12(18)8-13(15)16/h1-4,7-8,15,20H,5-6,9H2. The molecule has 21 heavy (non-hydrogen) atoms. The molecule has 2 aromatic carbocycles. The van der Waals surface area contributed by atoms with E-state index in [4.69, 9.17) is 11.6 Å². The first-order valence-corrected chi connectivity index (χ1v) is 8.89. The summed E-state index contributed by atoms with van der Waals surface area (Å²) in [4.78, 5) is 1.26. The van der Waals surface area contributed by atoms with Crippen LogP contribution in [0.4, 0.5) is 4.39 Å². The summed E-state index contributed by atoms with van der Waals surface area (Å²) in [5.41, 5.74) is 1.90. The first-order chi connectivity index (χ1) is 10.1. The van der Waals surface area contributed by atoms with E-state index >= 15 is 0 Å². The lowest BCUT2D eigenvalue weighted by molar-refractivity contribution is 0.497. The van der Waals surface area contributed by atoms with Gasteiger partial charge in [0.1, 0.15) is 5.82 Å². The molecule has 0 saturated heterocycles. The predicted octanol–water partition coefficient (Wildman–Crippen LogP) is 5.57. The Bertz CT molecular complexity index is 665. The number of fused-ring (bicyclic) bond motifs is 1. The minimum atomic E-state index is -0.187. The predicted molar refractivity (Wildman–Crippen MR) is 90.5 cm³/mol. The summed E-state index contributed by atoms with van der Waals surface area (Å²) in [5.74, 6) is 0.878. The highest BCUT2D eigenvalue weighted by Gasteiger charge is 2.20. The van der Waals surface area contributed by atoms with Crippen LogP contribution in [0.1, 0.15) is 23.6 Å². The molecule has 0 saturated carbocycles. The fraction of sp³-hybridized carbons (Fsp3) is 0.250. The van der Waals surface area contributed by atoms with E-state index in [-0.39, 0.29) is 11.9 Å². The van der Waals surface area contributed by atoms with Crippen LogP contribution in [0.2, 0.25) is 5.02 Å². The smallest absolute Gasteiger partial charge is 0.128 e. The second kappa shape index (κ2) is 6.69. The fourth-order valence-corrected chi connectivity index (χ4v) is 4.09. The molecule has 2 aromatic rings. The molecule has 0 amide bonds. The third-order valence-corrected chi connectivity index (χ3v) is 5.42. The van der Waals surface area contributed by atoms with Crippen LogP contribution in [0.15, 0.2) is 45.8 Å².